The Balaban J connectivity index is 2.64. The van der Waals surface area contributed by atoms with Crippen molar-refractivity contribution in [3.05, 3.63) is 0 Å². The number of carboxylic acid groups (broad SMARTS) is 1. The highest BCUT2D eigenvalue weighted by Gasteiger charge is 2.48. The zero-order valence-corrected chi connectivity index (χ0v) is 12.3. The number of hydrogen-bond donors (Lipinski definition) is 2. The summed E-state index contributed by atoms with van der Waals surface area (Å²) in [6, 6.07) is -0.357. The van der Waals surface area contributed by atoms with E-state index in [4.69, 9.17) is 9.47 Å². The van der Waals surface area contributed by atoms with Gasteiger partial charge < -0.3 is 24.8 Å². The minimum atomic E-state index is -1.08. The molecule has 0 bridgehead atoms. The number of methoxy groups -OCH3 is 2. The number of hydrogen-bond acceptors (Lipinski definition) is 4. The summed E-state index contributed by atoms with van der Waals surface area (Å²) in [5.74, 6) is -0.937. The fourth-order valence-corrected chi connectivity index (χ4v) is 2.61. The molecule has 116 valence electrons. The van der Waals surface area contributed by atoms with Gasteiger partial charge in [-0.15, -0.1) is 0 Å². The molecule has 2 atom stereocenters. The average Bonchev–Trinajstić information content (AvgIpc) is 2.88. The third-order valence-corrected chi connectivity index (χ3v) is 3.88. The van der Waals surface area contributed by atoms with E-state index in [9.17, 15) is 14.7 Å². The third-order valence-electron chi connectivity index (χ3n) is 3.88. The summed E-state index contributed by atoms with van der Waals surface area (Å²) in [5.41, 5.74) is -1.08. The Morgan fingerprint density at radius 1 is 1.45 bits per heavy atom. The normalized spacial score (nSPS) is 23.6. The summed E-state index contributed by atoms with van der Waals surface area (Å²) in [6.45, 7) is 2.92. The number of carbonyl (C=O) groups is 2. The van der Waals surface area contributed by atoms with Crippen molar-refractivity contribution in [2.75, 3.05) is 33.9 Å². The van der Waals surface area contributed by atoms with E-state index in [0.717, 1.165) is 0 Å². The van der Waals surface area contributed by atoms with E-state index >= 15 is 0 Å². The van der Waals surface area contributed by atoms with E-state index in [1.54, 1.807) is 21.1 Å². The maximum absolute atomic E-state index is 12.2. The van der Waals surface area contributed by atoms with E-state index in [1.165, 1.54) is 4.90 Å². The quantitative estimate of drug-likeness (QED) is 0.719. The zero-order valence-electron chi connectivity index (χ0n) is 12.3. The van der Waals surface area contributed by atoms with Crippen LogP contribution in [-0.2, 0) is 14.3 Å². The Bertz CT molecular complexity index is 350. The van der Waals surface area contributed by atoms with Crippen LogP contribution in [0.5, 0.6) is 0 Å². The molecule has 1 heterocycles. The van der Waals surface area contributed by atoms with Crippen LogP contribution in [0.3, 0.4) is 0 Å². The standard InChI is InChI=1S/C13H24N2O5/c1-4-13(11(16)17)6-5-7-15(13)12(18)14-8-10(20-3)9-19-2/h10H,4-9H2,1-3H3,(H,14,18)(H,16,17). The topological polar surface area (TPSA) is 88.1 Å². The minimum Gasteiger partial charge on any atom is -0.479 e. The van der Waals surface area contributed by atoms with Crippen molar-refractivity contribution in [3.63, 3.8) is 0 Å². The first-order valence-electron chi connectivity index (χ1n) is 6.82. The maximum Gasteiger partial charge on any atom is 0.329 e. The van der Waals surface area contributed by atoms with Crippen molar-refractivity contribution in [2.45, 2.75) is 37.8 Å². The van der Waals surface area contributed by atoms with E-state index in [-0.39, 0.29) is 12.1 Å². The number of amides is 2. The first-order chi connectivity index (χ1) is 9.51. The molecule has 0 spiro atoms. The number of aliphatic carboxylic acids is 1. The summed E-state index contributed by atoms with van der Waals surface area (Å²) >= 11 is 0. The largest absolute Gasteiger partial charge is 0.479 e. The SMILES string of the molecule is CCC1(C(=O)O)CCCN1C(=O)NCC(COC)OC. The molecule has 0 aromatic heterocycles. The molecule has 0 radical (unpaired) electrons. The zero-order chi connectivity index (χ0) is 15.2. The molecule has 2 unspecified atom stereocenters. The molecule has 0 aliphatic carbocycles. The molecule has 0 saturated carbocycles. The van der Waals surface area contributed by atoms with Crippen LogP contribution in [0.1, 0.15) is 26.2 Å². The lowest BCUT2D eigenvalue weighted by molar-refractivity contribution is -0.148. The second kappa shape index (κ2) is 7.44. The lowest BCUT2D eigenvalue weighted by Gasteiger charge is -2.34. The number of carbonyl (C=O) groups excluding carboxylic acids is 1. The Hall–Kier alpha value is -1.34. The van der Waals surface area contributed by atoms with Crippen LogP contribution in [0.2, 0.25) is 0 Å². The molecule has 1 fully saturated rings. The van der Waals surface area contributed by atoms with Gasteiger partial charge in [0.2, 0.25) is 0 Å². The third kappa shape index (κ3) is 3.40. The van der Waals surface area contributed by atoms with Gasteiger partial charge in [0.05, 0.1) is 12.7 Å². The van der Waals surface area contributed by atoms with Crippen molar-refractivity contribution in [1.29, 1.82) is 0 Å². The molecule has 7 nitrogen and oxygen atoms in total. The predicted molar refractivity (Wildman–Crippen MR) is 72.7 cm³/mol. The number of urea groups is 1. The van der Waals surface area contributed by atoms with Crippen LogP contribution in [0.25, 0.3) is 0 Å². The van der Waals surface area contributed by atoms with Gasteiger partial charge in [-0.05, 0) is 19.3 Å². The van der Waals surface area contributed by atoms with E-state index < -0.39 is 11.5 Å². The highest BCUT2D eigenvalue weighted by atomic mass is 16.5. The predicted octanol–water partition coefficient (Wildman–Crippen LogP) is 0.687. The molecular weight excluding hydrogens is 264 g/mol. The fraction of sp³-hybridized carbons (Fsp3) is 0.846. The molecule has 1 rings (SSSR count). The number of nitrogens with zero attached hydrogens (tertiary/aromatic N) is 1. The van der Waals surface area contributed by atoms with Gasteiger partial charge in [0.15, 0.2) is 0 Å². The first kappa shape index (κ1) is 16.7. The van der Waals surface area contributed by atoms with E-state index in [2.05, 4.69) is 5.32 Å². The minimum absolute atomic E-state index is 0.243. The number of rotatable bonds is 7. The van der Waals surface area contributed by atoms with Gasteiger partial charge in [0.25, 0.3) is 0 Å². The van der Waals surface area contributed by atoms with E-state index in [0.29, 0.717) is 39.0 Å². The molecule has 1 saturated heterocycles. The van der Waals surface area contributed by atoms with Gasteiger partial charge in [-0.2, -0.15) is 0 Å². The van der Waals surface area contributed by atoms with Gasteiger partial charge in [0.1, 0.15) is 5.54 Å². The molecular formula is C13H24N2O5. The second-order valence-electron chi connectivity index (χ2n) is 4.94. The molecule has 20 heavy (non-hydrogen) atoms. The van der Waals surface area contributed by atoms with Crippen molar-refractivity contribution in [1.82, 2.24) is 10.2 Å². The van der Waals surface area contributed by atoms with Crippen molar-refractivity contribution >= 4 is 12.0 Å². The molecule has 0 aromatic rings. The Labute approximate surface area is 119 Å². The van der Waals surface area contributed by atoms with Crippen LogP contribution < -0.4 is 5.32 Å². The molecule has 7 heteroatoms. The Kier molecular flexibility index (Phi) is 6.22. The average molecular weight is 288 g/mol. The number of ether oxygens (including phenoxy) is 2. The highest BCUT2D eigenvalue weighted by molar-refractivity contribution is 5.87. The van der Waals surface area contributed by atoms with Gasteiger partial charge >= 0.3 is 12.0 Å². The van der Waals surface area contributed by atoms with Crippen LogP contribution in [-0.4, -0.2) is 67.6 Å². The van der Waals surface area contributed by atoms with Crippen LogP contribution in [0.4, 0.5) is 4.79 Å². The van der Waals surface area contributed by atoms with Gasteiger partial charge in [-0.1, -0.05) is 6.92 Å². The Morgan fingerprint density at radius 3 is 2.65 bits per heavy atom. The fourth-order valence-electron chi connectivity index (χ4n) is 2.61. The summed E-state index contributed by atoms with van der Waals surface area (Å²) in [5, 5.41) is 12.1. The molecule has 0 aromatic carbocycles. The summed E-state index contributed by atoms with van der Waals surface area (Å²) in [4.78, 5) is 25.1. The van der Waals surface area contributed by atoms with Gasteiger partial charge in [-0.3, -0.25) is 0 Å². The molecule has 1 aliphatic rings. The van der Waals surface area contributed by atoms with Crippen LogP contribution in [0.15, 0.2) is 0 Å². The number of likely N-dealkylation sites (tertiary alicyclic amines) is 1. The van der Waals surface area contributed by atoms with Gasteiger partial charge in [0, 0.05) is 27.3 Å². The van der Waals surface area contributed by atoms with Crippen molar-refractivity contribution in [2.24, 2.45) is 0 Å². The monoisotopic (exact) mass is 288 g/mol. The lowest BCUT2D eigenvalue weighted by atomic mass is 9.93. The summed E-state index contributed by atoms with van der Waals surface area (Å²) in [6.07, 6.45) is 1.37. The molecule has 2 amide bonds. The van der Waals surface area contributed by atoms with E-state index in [1.807, 2.05) is 0 Å². The Morgan fingerprint density at radius 2 is 2.15 bits per heavy atom. The lowest BCUT2D eigenvalue weighted by Crippen LogP contribution is -2.56. The summed E-state index contributed by atoms with van der Waals surface area (Å²) in [7, 11) is 3.10. The number of nitrogens with one attached hydrogen (secondary N) is 1. The highest BCUT2D eigenvalue weighted by Crippen LogP contribution is 2.32. The second-order valence-corrected chi connectivity index (χ2v) is 4.94. The molecule has 1 aliphatic heterocycles. The van der Waals surface area contributed by atoms with Gasteiger partial charge in [-0.25, -0.2) is 9.59 Å². The van der Waals surface area contributed by atoms with Crippen LogP contribution in [0, 0.1) is 0 Å². The van der Waals surface area contributed by atoms with Crippen LogP contribution >= 0.6 is 0 Å². The van der Waals surface area contributed by atoms with Crippen molar-refractivity contribution in [3.8, 4) is 0 Å². The molecule has 2 N–H and O–H groups in total. The first-order valence-corrected chi connectivity index (χ1v) is 6.82. The van der Waals surface area contributed by atoms with Crippen molar-refractivity contribution < 1.29 is 24.2 Å². The maximum atomic E-state index is 12.2. The number of carboxylic acids is 1. The smallest absolute Gasteiger partial charge is 0.329 e. The summed E-state index contributed by atoms with van der Waals surface area (Å²) < 4.78 is 10.1.